The molecule has 1 atom stereocenters. The highest BCUT2D eigenvalue weighted by Crippen LogP contribution is 2.37. The fraction of sp³-hybridized carbons (Fsp3) is 0.417. The third-order valence-corrected chi connectivity index (χ3v) is 7.21. The number of anilines is 1. The summed E-state index contributed by atoms with van der Waals surface area (Å²) in [7, 11) is 0. The first-order valence-corrected chi connectivity index (χ1v) is 11.6. The normalized spacial score (nSPS) is 18.1. The third kappa shape index (κ3) is 4.53. The van der Waals surface area contributed by atoms with Crippen molar-refractivity contribution in [2.45, 2.75) is 56.5 Å². The molecule has 0 spiro atoms. The molecule has 2 amide bonds. The molecule has 0 radical (unpaired) electrons. The lowest BCUT2D eigenvalue weighted by atomic mass is 9.84. The van der Waals surface area contributed by atoms with E-state index in [4.69, 9.17) is 0 Å². The summed E-state index contributed by atoms with van der Waals surface area (Å²) in [4.78, 5) is 28.0. The van der Waals surface area contributed by atoms with Crippen LogP contribution in [0, 0.1) is 11.7 Å². The summed E-state index contributed by atoms with van der Waals surface area (Å²) in [5.41, 5.74) is 1.67. The summed E-state index contributed by atoms with van der Waals surface area (Å²) in [6.45, 7) is 2.23. The second kappa shape index (κ2) is 9.21. The molecule has 6 heteroatoms. The maximum Gasteiger partial charge on any atom is 0.251 e. The standard InChI is InChI=1S/C24H27FN2O2S/c1-16(17-7-3-2-4-8-17)26-24(29)18-11-12-22-21(13-18)27(23(28)15-30-22)14-19-9-5-6-10-20(19)25/h5-6,9-13,16-17H,2-4,7-8,14-15H2,1H3,(H,26,29)/t16-/m0/s1. The minimum atomic E-state index is -0.333. The van der Waals surface area contributed by atoms with Gasteiger partial charge in [-0.05, 0) is 49.9 Å². The number of halogens is 1. The van der Waals surface area contributed by atoms with Crippen LogP contribution in [0.1, 0.15) is 54.9 Å². The molecule has 1 fully saturated rings. The molecule has 2 aliphatic rings. The number of thioether (sulfide) groups is 1. The highest BCUT2D eigenvalue weighted by atomic mass is 32.2. The quantitative estimate of drug-likeness (QED) is 0.718. The van der Waals surface area contributed by atoms with Crippen molar-refractivity contribution in [2.24, 2.45) is 5.92 Å². The number of hydrogen-bond acceptors (Lipinski definition) is 3. The van der Waals surface area contributed by atoms with Crippen LogP contribution in [0.3, 0.4) is 0 Å². The van der Waals surface area contributed by atoms with Crippen LogP contribution in [0.25, 0.3) is 0 Å². The fourth-order valence-corrected chi connectivity index (χ4v) is 5.27. The molecule has 0 aromatic heterocycles. The summed E-state index contributed by atoms with van der Waals surface area (Å²) >= 11 is 1.46. The largest absolute Gasteiger partial charge is 0.349 e. The molecule has 1 aliphatic carbocycles. The highest BCUT2D eigenvalue weighted by molar-refractivity contribution is 8.00. The topological polar surface area (TPSA) is 49.4 Å². The van der Waals surface area contributed by atoms with E-state index in [0.29, 0.717) is 28.5 Å². The number of fused-ring (bicyclic) bond motifs is 1. The number of carbonyl (C=O) groups is 2. The molecule has 1 N–H and O–H groups in total. The van der Waals surface area contributed by atoms with Crippen LogP contribution >= 0.6 is 11.8 Å². The molecule has 0 bridgehead atoms. The maximum absolute atomic E-state index is 14.2. The van der Waals surface area contributed by atoms with Crippen LogP contribution in [-0.2, 0) is 11.3 Å². The zero-order valence-corrected chi connectivity index (χ0v) is 18.0. The van der Waals surface area contributed by atoms with Crippen LogP contribution in [0.2, 0.25) is 0 Å². The number of benzene rings is 2. The van der Waals surface area contributed by atoms with Gasteiger partial charge in [0.15, 0.2) is 0 Å². The molecular formula is C24H27FN2O2S. The van der Waals surface area contributed by atoms with Gasteiger partial charge in [-0.25, -0.2) is 4.39 Å². The van der Waals surface area contributed by atoms with E-state index in [9.17, 15) is 14.0 Å². The lowest BCUT2D eigenvalue weighted by molar-refractivity contribution is -0.116. The van der Waals surface area contributed by atoms with E-state index in [1.807, 2.05) is 12.1 Å². The van der Waals surface area contributed by atoms with Gasteiger partial charge in [-0.3, -0.25) is 9.59 Å². The van der Waals surface area contributed by atoms with Crippen molar-refractivity contribution in [3.63, 3.8) is 0 Å². The lowest BCUT2D eigenvalue weighted by Gasteiger charge is -2.30. The average Bonchev–Trinajstić information content (AvgIpc) is 2.77. The second-order valence-electron chi connectivity index (χ2n) is 8.20. The molecule has 2 aromatic carbocycles. The molecule has 1 saturated carbocycles. The van der Waals surface area contributed by atoms with Gasteiger partial charge in [-0.1, -0.05) is 37.5 Å². The van der Waals surface area contributed by atoms with Crippen molar-refractivity contribution in [3.8, 4) is 0 Å². The highest BCUT2D eigenvalue weighted by Gasteiger charge is 2.27. The zero-order valence-electron chi connectivity index (χ0n) is 17.2. The number of carbonyl (C=O) groups excluding carboxylic acids is 2. The molecule has 158 valence electrons. The van der Waals surface area contributed by atoms with E-state index < -0.39 is 0 Å². The molecule has 30 heavy (non-hydrogen) atoms. The zero-order chi connectivity index (χ0) is 21.1. The minimum Gasteiger partial charge on any atom is -0.349 e. The van der Waals surface area contributed by atoms with Gasteiger partial charge >= 0.3 is 0 Å². The van der Waals surface area contributed by atoms with Crippen molar-refractivity contribution in [1.82, 2.24) is 5.32 Å². The molecule has 0 unspecified atom stereocenters. The summed E-state index contributed by atoms with van der Waals surface area (Å²) in [5, 5.41) is 3.15. The van der Waals surface area contributed by atoms with Gasteiger partial charge in [0, 0.05) is 22.1 Å². The second-order valence-corrected chi connectivity index (χ2v) is 9.22. The van der Waals surface area contributed by atoms with Crippen molar-refractivity contribution in [3.05, 3.63) is 59.4 Å². The van der Waals surface area contributed by atoms with Gasteiger partial charge in [0.2, 0.25) is 5.91 Å². The van der Waals surface area contributed by atoms with E-state index in [1.165, 1.54) is 37.1 Å². The smallest absolute Gasteiger partial charge is 0.251 e. The third-order valence-electron chi connectivity index (χ3n) is 6.17. The predicted octanol–water partition coefficient (Wildman–Crippen LogP) is 5.16. The Morgan fingerprint density at radius 3 is 2.73 bits per heavy atom. The summed E-state index contributed by atoms with van der Waals surface area (Å²) in [6, 6.07) is 12.1. The van der Waals surface area contributed by atoms with E-state index in [-0.39, 0.29) is 30.2 Å². The molecule has 2 aromatic rings. The predicted molar refractivity (Wildman–Crippen MR) is 118 cm³/mol. The van der Waals surface area contributed by atoms with Crippen LogP contribution in [0.5, 0.6) is 0 Å². The monoisotopic (exact) mass is 426 g/mol. The first-order valence-electron chi connectivity index (χ1n) is 10.6. The minimum absolute atomic E-state index is 0.0797. The average molecular weight is 427 g/mol. The van der Waals surface area contributed by atoms with Gasteiger partial charge in [0.05, 0.1) is 18.0 Å². The van der Waals surface area contributed by atoms with Crippen molar-refractivity contribution >= 4 is 29.3 Å². The van der Waals surface area contributed by atoms with E-state index in [1.54, 1.807) is 29.2 Å². The van der Waals surface area contributed by atoms with Gasteiger partial charge < -0.3 is 10.2 Å². The Kier molecular flexibility index (Phi) is 6.42. The number of nitrogens with zero attached hydrogens (tertiary/aromatic N) is 1. The van der Waals surface area contributed by atoms with Gasteiger partial charge in [0.1, 0.15) is 5.82 Å². The van der Waals surface area contributed by atoms with Gasteiger partial charge in [0.25, 0.3) is 5.91 Å². The van der Waals surface area contributed by atoms with Crippen LogP contribution in [0.4, 0.5) is 10.1 Å². The van der Waals surface area contributed by atoms with E-state index in [0.717, 1.165) is 17.7 Å². The summed E-state index contributed by atoms with van der Waals surface area (Å²) in [5.74, 6) is 0.301. The Hall–Kier alpha value is -2.34. The van der Waals surface area contributed by atoms with E-state index >= 15 is 0 Å². The van der Waals surface area contributed by atoms with Crippen molar-refractivity contribution < 1.29 is 14.0 Å². The Labute approximate surface area is 181 Å². The number of nitrogens with one attached hydrogen (secondary N) is 1. The molecule has 1 heterocycles. The molecular weight excluding hydrogens is 399 g/mol. The van der Waals surface area contributed by atoms with Gasteiger partial charge in [-0.15, -0.1) is 11.8 Å². The maximum atomic E-state index is 14.2. The molecule has 4 rings (SSSR count). The molecule has 4 nitrogen and oxygen atoms in total. The molecule has 0 saturated heterocycles. The molecule has 1 aliphatic heterocycles. The fourth-order valence-electron chi connectivity index (χ4n) is 4.36. The van der Waals surface area contributed by atoms with Crippen LogP contribution in [0.15, 0.2) is 47.4 Å². The Morgan fingerprint density at radius 1 is 1.20 bits per heavy atom. The number of rotatable bonds is 5. The lowest BCUT2D eigenvalue weighted by Crippen LogP contribution is -2.39. The number of amides is 2. The summed E-state index contributed by atoms with van der Waals surface area (Å²) < 4.78 is 14.2. The Morgan fingerprint density at radius 2 is 1.97 bits per heavy atom. The summed E-state index contributed by atoms with van der Waals surface area (Å²) in [6.07, 6.45) is 6.06. The Bertz CT molecular complexity index is 943. The SMILES string of the molecule is C[C@H](NC(=O)c1ccc2c(c1)N(Cc1ccccc1F)C(=O)CS2)C1CCCCC1. The number of hydrogen-bond donors (Lipinski definition) is 1. The van der Waals surface area contributed by atoms with Crippen LogP contribution < -0.4 is 10.2 Å². The first kappa shape index (κ1) is 20.9. The van der Waals surface area contributed by atoms with Crippen molar-refractivity contribution in [1.29, 1.82) is 0 Å². The van der Waals surface area contributed by atoms with Crippen LogP contribution in [-0.4, -0.2) is 23.6 Å². The first-order chi connectivity index (χ1) is 14.5. The Balaban J connectivity index is 1.54. The van der Waals surface area contributed by atoms with Crippen molar-refractivity contribution in [2.75, 3.05) is 10.7 Å². The van der Waals surface area contributed by atoms with Gasteiger partial charge in [-0.2, -0.15) is 0 Å². The van der Waals surface area contributed by atoms with E-state index in [2.05, 4.69) is 12.2 Å².